The highest BCUT2D eigenvalue weighted by atomic mass is 19.1. The lowest BCUT2D eigenvalue weighted by Crippen LogP contribution is -2.66. The number of benzene rings is 2. The van der Waals surface area contributed by atoms with Crippen LogP contribution in [0, 0.1) is 5.82 Å². The number of aryl methyl sites for hydroxylation is 1. The molecule has 1 aliphatic rings. The van der Waals surface area contributed by atoms with Crippen molar-refractivity contribution in [2.45, 2.75) is 50.7 Å². The van der Waals surface area contributed by atoms with Gasteiger partial charge >= 0.3 is 0 Å². The number of amides is 2. The summed E-state index contributed by atoms with van der Waals surface area (Å²) in [6.07, 6.45) is 6.09. The summed E-state index contributed by atoms with van der Waals surface area (Å²) in [4.78, 5) is 35.2. The van der Waals surface area contributed by atoms with E-state index in [9.17, 15) is 14.0 Å². The number of carbonyl (C=O) groups is 2. The summed E-state index contributed by atoms with van der Waals surface area (Å²) in [6.45, 7) is 2.98. The van der Waals surface area contributed by atoms with Gasteiger partial charge in [0.1, 0.15) is 23.2 Å². The summed E-state index contributed by atoms with van der Waals surface area (Å²) in [6, 6.07) is 13.2. The van der Waals surface area contributed by atoms with Crippen LogP contribution in [-0.4, -0.2) is 59.5 Å². The summed E-state index contributed by atoms with van der Waals surface area (Å²) >= 11 is 0. The average Bonchev–Trinajstić information content (AvgIpc) is 3.43. The van der Waals surface area contributed by atoms with E-state index >= 15 is 0 Å². The summed E-state index contributed by atoms with van der Waals surface area (Å²) in [7, 11) is 1.59. The average molecular weight is 523 g/mol. The van der Waals surface area contributed by atoms with Crippen LogP contribution >= 0.6 is 0 Å². The van der Waals surface area contributed by atoms with Gasteiger partial charge in [0.05, 0.1) is 32.2 Å². The number of H-pyrrole nitrogens is 1. The van der Waals surface area contributed by atoms with Gasteiger partial charge in [-0.15, -0.1) is 0 Å². The standard InChI is InChI=1S/C29H35FN4O4/c1-3-4-15-38-29(24-7-5-6-8-25(24)30)18-34(19-29)28(36)26(16-21-9-12-23(37-2)13-10-21)33-27(35)14-11-22-17-31-20-32-22/h5-10,12-13,17,20,26H,3-4,11,14-16,18-19H2,1-2H3,(H,31,32)(H,33,35). The minimum absolute atomic E-state index is 0.205. The summed E-state index contributed by atoms with van der Waals surface area (Å²) in [5.41, 5.74) is 1.22. The number of unbranched alkanes of at least 4 members (excludes halogenated alkanes) is 1. The number of aromatic nitrogens is 2. The summed E-state index contributed by atoms with van der Waals surface area (Å²) in [5, 5.41) is 2.92. The lowest BCUT2D eigenvalue weighted by molar-refractivity contribution is -0.176. The maximum atomic E-state index is 14.8. The molecule has 2 heterocycles. The van der Waals surface area contributed by atoms with Crippen LogP contribution in [-0.2, 0) is 32.8 Å². The summed E-state index contributed by atoms with van der Waals surface area (Å²) in [5.74, 6) is -0.0983. The molecule has 1 aliphatic heterocycles. The molecule has 0 aliphatic carbocycles. The minimum Gasteiger partial charge on any atom is -0.497 e. The summed E-state index contributed by atoms with van der Waals surface area (Å²) < 4.78 is 26.2. The molecule has 1 saturated heterocycles. The second-order valence-electron chi connectivity index (χ2n) is 9.60. The van der Waals surface area contributed by atoms with E-state index in [1.807, 2.05) is 24.3 Å². The molecule has 4 rings (SSSR count). The first-order chi connectivity index (χ1) is 18.4. The zero-order valence-corrected chi connectivity index (χ0v) is 21.9. The van der Waals surface area contributed by atoms with Crippen molar-refractivity contribution in [2.75, 3.05) is 26.8 Å². The molecule has 1 aromatic heterocycles. The number of nitrogens with one attached hydrogen (secondary N) is 2. The second kappa shape index (κ2) is 12.7. The fourth-order valence-electron chi connectivity index (χ4n) is 4.66. The first kappa shape index (κ1) is 27.3. The topological polar surface area (TPSA) is 96.5 Å². The van der Waals surface area contributed by atoms with E-state index < -0.39 is 11.6 Å². The third-order valence-corrected chi connectivity index (χ3v) is 6.84. The van der Waals surface area contributed by atoms with E-state index in [0.29, 0.717) is 30.8 Å². The number of hydrogen-bond donors (Lipinski definition) is 2. The zero-order valence-electron chi connectivity index (χ0n) is 21.9. The van der Waals surface area contributed by atoms with Crippen LogP contribution in [0.2, 0.25) is 0 Å². The monoisotopic (exact) mass is 522 g/mol. The van der Waals surface area contributed by atoms with Gasteiger partial charge in [-0.25, -0.2) is 9.37 Å². The number of carbonyl (C=O) groups excluding carboxylic acids is 2. The predicted octanol–water partition coefficient (Wildman–Crippen LogP) is 3.77. The first-order valence-corrected chi connectivity index (χ1v) is 13.0. The number of ether oxygens (including phenoxy) is 2. The predicted molar refractivity (Wildman–Crippen MR) is 141 cm³/mol. The van der Waals surface area contributed by atoms with E-state index in [-0.39, 0.29) is 37.1 Å². The molecule has 0 spiro atoms. The maximum Gasteiger partial charge on any atom is 0.245 e. The molecule has 8 nitrogen and oxygen atoms in total. The van der Waals surface area contributed by atoms with Gasteiger partial charge in [0, 0.05) is 31.2 Å². The molecule has 0 radical (unpaired) electrons. The Hall–Kier alpha value is -3.72. The Morgan fingerprint density at radius 1 is 1.18 bits per heavy atom. The number of imidazole rings is 1. The van der Waals surface area contributed by atoms with Gasteiger partial charge in [-0.2, -0.15) is 0 Å². The van der Waals surface area contributed by atoms with Crippen molar-refractivity contribution in [1.82, 2.24) is 20.2 Å². The Labute approximate surface area is 222 Å². The SMILES string of the molecule is CCCCOC1(c2ccccc2F)CN(C(=O)C(Cc2ccc(OC)cc2)NC(=O)CCc2c[nH]cn2)C1. The van der Waals surface area contributed by atoms with Crippen LogP contribution in [0.25, 0.3) is 0 Å². The first-order valence-electron chi connectivity index (χ1n) is 13.0. The molecule has 3 aromatic rings. The van der Waals surface area contributed by atoms with E-state index in [1.54, 1.807) is 42.7 Å². The highest BCUT2D eigenvalue weighted by Crippen LogP contribution is 2.38. The van der Waals surface area contributed by atoms with E-state index in [0.717, 1.165) is 24.1 Å². The fraction of sp³-hybridized carbons (Fsp3) is 0.414. The third-order valence-electron chi connectivity index (χ3n) is 6.84. The number of rotatable bonds is 13. The molecule has 1 fully saturated rings. The van der Waals surface area contributed by atoms with E-state index in [4.69, 9.17) is 9.47 Å². The zero-order chi connectivity index (χ0) is 27.0. The van der Waals surface area contributed by atoms with Gasteiger partial charge in [-0.3, -0.25) is 9.59 Å². The molecule has 2 amide bonds. The van der Waals surface area contributed by atoms with Crippen LogP contribution in [0.1, 0.15) is 43.0 Å². The van der Waals surface area contributed by atoms with Crippen LogP contribution < -0.4 is 10.1 Å². The Balaban J connectivity index is 1.48. The Morgan fingerprint density at radius 2 is 1.95 bits per heavy atom. The molecule has 2 aromatic carbocycles. The van der Waals surface area contributed by atoms with Crippen LogP contribution in [0.3, 0.4) is 0 Å². The molecule has 2 N–H and O–H groups in total. The molecular formula is C29H35FN4O4. The van der Waals surface area contributed by atoms with Gasteiger partial charge < -0.3 is 24.7 Å². The van der Waals surface area contributed by atoms with Crippen molar-refractivity contribution in [1.29, 1.82) is 0 Å². The van der Waals surface area contributed by atoms with E-state index in [1.165, 1.54) is 6.07 Å². The number of hydrogen-bond acceptors (Lipinski definition) is 5. The van der Waals surface area contributed by atoms with Gasteiger partial charge in [0.15, 0.2) is 0 Å². The van der Waals surface area contributed by atoms with Gasteiger partial charge in [0.2, 0.25) is 11.8 Å². The van der Waals surface area contributed by atoms with Crippen LogP contribution in [0.4, 0.5) is 4.39 Å². The van der Waals surface area contributed by atoms with Gasteiger partial charge in [0.25, 0.3) is 0 Å². The van der Waals surface area contributed by atoms with Crippen molar-refractivity contribution in [3.63, 3.8) is 0 Å². The van der Waals surface area contributed by atoms with Gasteiger partial charge in [-0.1, -0.05) is 43.7 Å². The maximum absolute atomic E-state index is 14.8. The molecular weight excluding hydrogens is 487 g/mol. The van der Waals surface area contributed by atoms with Crippen molar-refractivity contribution < 1.29 is 23.5 Å². The van der Waals surface area contributed by atoms with Gasteiger partial charge in [-0.05, 0) is 36.6 Å². The fourth-order valence-corrected chi connectivity index (χ4v) is 4.66. The number of methoxy groups -OCH3 is 1. The largest absolute Gasteiger partial charge is 0.497 e. The quantitative estimate of drug-likeness (QED) is 0.333. The molecule has 38 heavy (non-hydrogen) atoms. The van der Waals surface area contributed by atoms with Crippen molar-refractivity contribution in [3.8, 4) is 5.75 Å². The number of halogens is 1. The normalized spacial score (nSPS) is 15.0. The highest BCUT2D eigenvalue weighted by molar-refractivity contribution is 5.88. The number of likely N-dealkylation sites (tertiary alicyclic amines) is 1. The van der Waals surface area contributed by atoms with Crippen molar-refractivity contribution >= 4 is 11.8 Å². The number of nitrogens with zero attached hydrogens (tertiary/aromatic N) is 2. The van der Waals surface area contributed by atoms with Crippen LogP contribution in [0.15, 0.2) is 61.1 Å². The minimum atomic E-state index is -0.898. The number of aromatic amines is 1. The van der Waals surface area contributed by atoms with Crippen molar-refractivity contribution in [3.05, 3.63) is 83.7 Å². The molecule has 202 valence electrons. The molecule has 0 bridgehead atoms. The van der Waals surface area contributed by atoms with E-state index in [2.05, 4.69) is 22.2 Å². The Morgan fingerprint density at radius 3 is 2.61 bits per heavy atom. The second-order valence-corrected chi connectivity index (χ2v) is 9.60. The molecule has 9 heteroatoms. The molecule has 1 atom stereocenters. The lowest BCUT2D eigenvalue weighted by Gasteiger charge is -2.50. The third kappa shape index (κ3) is 6.58. The highest BCUT2D eigenvalue weighted by Gasteiger charge is 2.50. The smallest absolute Gasteiger partial charge is 0.245 e. The Bertz CT molecular complexity index is 1190. The molecule has 1 unspecified atom stereocenters. The Kier molecular flexibility index (Phi) is 9.12. The van der Waals surface area contributed by atoms with Crippen LogP contribution in [0.5, 0.6) is 5.75 Å². The lowest BCUT2D eigenvalue weighted by atomic mass is 9.84. The molecule has 0 saturated carbocycles. The van der Waals surface area contributed by atoms with Crippen molar-refractivity contribution in [2.24, 2.45) is 0 Å².